The van der Waals surface area contributed by atoms with Gasteiger partial charge in [-0.2, -0.15) is 10.5 Å². The summed E-state index contributed by atoms with van der Waals surface area (Å²) >= 11 is 0. The summed E-state index contributed by atoms with van der Waals surface area (Å²) in [5, 5.41) is 19.3. The Hall–Kier alpha value is -1.75. The Morgan fingerprint density at radius 1 is 1.38 bits per heavy atom. The largest absolute Gasteiger partial charge is 0.336 e. The molecule has 0 aliphatic rings. The minimum atomic E-state index is -0.377. The van der Waals surface area contributed by atoms with Gasteiger partial charge in [-0.1, -0.05) is 0 Å². The van der Waals surface area contributed by atoms with Crippen molar-refractivity contribution < 1.29 is 4.79 Å². The van der Waals surface area contributed by atoms with Gasteiger partial charge in [0, 0.05) is 6.04 Å². The summed E-state index contributed by atoms with van der Waals surface area (Å²) < 4.78 is 0. The molecule has 0 heterocycles. The summed E-state index contributed by atoms with van der Waals surface area (Å²) in [4.78, 5) is 12.4. The van der Waals surface area contributed by atoms with Crippen LogP contribution in [0.4, 0.5) is 4.79 Å². The monoisotopic (exact) mass is 180 g/mol. The first-order chi connectivity index (χ1) is 6.11. The maximum Gasteiger partial charge on any atom is 0.319 e. The van der Waals surface area contributed by atoms with Crippen LogP contribution < -0.4 is 5.32 Å². The van der Waals surface area contributed by atoms with Gasteiger partial charge in [-0.05, 0) is 13.8 Å². The van der Waals surface area contributed by atoms with Crippen molar-refractivity contribution in [3.63, 3.8) is 0 Å². The first-order valence-corrected chi connectivity index (χ1v) is 3.91. The molecule has 2 amide bonds. The Bertz CT molecular complexity index is 232. The van der Waals surface area contributed by atoms with Crippen molar-refractivity contribution in [2.45, 2.75) is 19.9 Å². The SMILES string of the molecule is CC(C)NC(=O)N(CC#N)CC#N. The zero-order valence-corrected chi connectivity index (χ0v) is 7.74. The molecule has 0 aromatic heterocycles. The molecule has 0 radical (unpaired) electrons. The summed E-state index contributed by atoms with van der Waals surface area (Å²) in [5.41, 5.74) is 0. The lowest BCUT2D eigenvalue weighted by Gasteiger charge is -2.18. The summed E-state index contributed by atoms with van der Waals surface area (Å²) in [5.74, 6) is 0. The Kier molecular flexibility index (Phi) is 5.06. The second-order valence-electron chi connectivity index (χ2n) is 2.78. The number of nitrogens with zero attached hydrogens (tertiary/aromatic N) is 3. The number of hydrogen-bond donors (Lipinski definition) is 1. The van der Waals surface area contributed by atoms with E-state index in [2.05, 4.69) is 5.32 Å². The van der Waals surface area contributed by atoms with Crippen LogP contribution in [-0.4, -0.2) is 30.1 Å². The maximum atomic E-state index is 11.2. The predicted molar refractivity (Wildman–Crippen MR) is 46.5 cm³/mol. The van der Waals surface area contributed by atoms with Crippen molar-refractivity contribution in [1.29, 1.82) is 10.5 Å². The molecule has 0 fully saturated rings. The topological polar surface area (TPSA) is 79.9 Å². The summed E-state index contributed by atoms with van der Waals surface area (Å²) in [6.07, 6.45) is 0. The van der Waals surface area contributed by atoms with Crippen LogP contribution in [0.15, 0.2) is 0 Å². The molecule has 5 nitrogen and oxygen atoms in total. The number of carbonyl (C=O) groups excluding carboxylic acids is 1. The highest BCUT2D eigenvalue weighted by molar-refractivity contribution is 5.74. The van der Waals surface area contributed by atoms with Crippen LogP contribution in [0.3, 0.4) is 0 Å². The van der Waals surface area contributed by atoms with Crippen LogP contribution in [-0.2, 0) is 0 Å². The fraction of sp³-hybridized carbons (Fsp3) is 0.625. The highest BCUT2D eigenvalue weighted by Gasteiger charge is 2.12. The van der Waals surface area contributed by atoms with E-state index in [1.54, 1.807) is 0 Å². The van der Waals surface area contributed by atoms with Gasteiger partial charge in [0.2, 0.25) is 0 Å². The van der Waals surface area contributed by atoms with Crippen LogP contribution in [0.2, 0.25) is 0 Å². The van der Waals surface area contributed by atoms with Gasteiger partial charge >= 0.3 is 6.03 Å². The lowest BCUT2D eigenvalue weighted by molar-refractivity contribution is 0.206. The Labute approximate surface area is 77.6 Å². The zero-order valence-electron chi connectivity index (χ0n) is 7.74. The second-order valence-corrected chi connectivity index (χ2v) is 2.78. The van der Waals surface area contributed by atoms with Gasteiger partial charge in [0.15, 0.2) is 0 Å². The predicted octanol–water partition coefficient (Wildman–Crippen LogP) is 0.454. The third kappa shape index (κ3) is 4.65. The maximum absolute atomic E-state index is 11.2. The molecule has 0 rings (SSSR count). The molecule has 1 N–H and O–H groups in total. The Morgan fingerprint density at radius 2 is 1.85 bits per heavy atom. The van der Waals surface area contributed by atoms with E-state index in [4.69, 9.17) is 10.5 Å². The van der Waals surface area contributed by atoms with Gasteiger partial charge in [0.1, 0.15) is 13.1 Å². The molecule has 0 atom stereocenters. The number of hydrogen-bond acceptors (Lipinski definition) is 3. The number of carbonyl (C=O) groups is 1. The molecule has 0 spiro atoms. The smallest absolute Gasteiger partial charge is 0.319 e. The molecule has 0 unspecified atom stereocenters. The number of rotatable bonds is 3. The molecule has 0 saturated heterocycles. The Morgan fingerprint density at radius 3 is 2.15 bits per heavy atom. The average Bonchev–Trinajstić information content (AvgIpc) is 2.02. The summed E-state index contributed by atoms with van der Waals surface area (Å²) in [6, 6.07) is 3.27. The molecular formula is C8H12N4O. The van der Waals surface area contributed by atoms with Gasteiger partial charge in [0.05, 0.1) is 12.1 Å². The third-order valence-corrected chi connectivity index (χ3v) is 1.22. The molecule has 0 aliphatic heterocycles. The highest BCUT2D eigenvalue weighted by Crippen LogP contribution is 1.89. The molecule has 5 heteroatoms. The third-order valence-electron chi connectivity index (χ3n) is 1.22. The lowest BCUT2D eigenvalue weighted by atomic mass is 10.4. The standard InChI is InChI=1S/C8H12N4O/c1-7(2)11-8(13)12(5-3-9)6-4-10/h7H,5-6H2,1-2H3,(H,11,13). The van der Waals surface area contributed by atoms with Crippen molar-refractivity contribution in [3.05, 3.63) is 0 Å². The van der Waals surface area contributed by atoms with Crippen LogP contribution >= 0.6 is 0 Å². The van der Waals surface area contributed by atoms with Crippen LogP contribution in [0.25, 0.3) is 0 Å². The molecule has 70 valence electrons. The molecular weight excluding hydrogens is 168 g/mol. The fourth-order valence-corrected chi connectivity index (χ4v) is 0.708. The van der Waals surface area contributed by atoms with Gasteiger partial charge in [-0.3, -0.25) is 4.90 Å². The number of nitriles is 2. The summed E-state index contributed by atoms with van der Waals surface area (Å²) in [6.45, 7) is 3.50. The quantitative estimate of drug-likeness (QED) is 0.640. The number of amides is 2. The molecule has 0 aromatic rings. The average molecular weight is 180 g/mol. The fourth-order valence-electron chi connectivity index (χ4n) is 0.708. The van der Waals surface area contributed by atoms with Gasteiger partial charge < -0.3 is 5.32 Å². The molecule has 0 aliphatic carbocycles. The van der Waals surface area contributed by atoms with Crippen molar-refractivity contribution in [1.82, 2.24) is 10.2 Å². The van der Waals surface area contributed by atoms with E-state index in [-0.39, 0.29) is 25.2 Å². The van der Waals surface area contributed by atoms with Crippen molar-refractivity contribution in [3.8, 4) is 12.1 Å². The Balaban J connectivity index is 4.14. The molecule has 13 heavy (non-hydrogen) atoms. The summed E-state index contributed by atoms with van der Waals surface area (Å²) in [7, 11) is 0. The van der Waals surface area contributed by atoms with Crippen molar-refractivity contribution in [2.24, 2.45) is 0 Å². The zero-order chi connectivity index (χ0) is 10.3. The normalized spacial score (nSPS) is 8.69. The van der Waals surface area contributed by atoms with Gasteiger partial charge in [-0.25, -0.2) is 4.79 Å². The first-order valence-electron chi connectivity index (χ1n) is 3.91. The van der Waals surface area contributed by atoms with Crippen molar-refractivity contribution in [2.75, 3.05) is 13.1 Å². The van der Waals surface area contributed by atoms with Crippen LogP contribution in [0, 0.1) is 22.7 Å². The van der Waals surface area contributed by atoms with E-state index in [0.717, 1.165) is 4.90 Å². The van der Waals surface area contributed by atoms with Gasteiger partial charge in [0.25, 0.3) is 0 Å². The van der Waals surface area contributed by atoms with E-state index in [0.29, 0.717) is 0 Å². The minimum absolute atomic E-state index is 0.00684. The van der Waals surface area contributed by atoms with E-state index < -0.39 is 0 Å². The number of nitrogens with one attached hydrogen (secondary N) is 1. The molecule has 0 aromatic carbocycles. The van der Waals surface area contributed by atoms with Crippen molar-refractivity contribution >= 4 is 6.03 Å². The number of urea groups is 1. The second kappa shape index (κ2) is 5.84. The van der Waals surface area contributed by atoms with Crippen LogP contribution in [0.5, 0.6) is 0 Å². The van der Waals surface area contributed by atoms with E-state index >= 15 is 0 Å². The lowest BCUT2D eigenvalue weighted by Crippen LogP contribution is -2.43. The first kappa shape index (κ1) is 11.2. The van der Waals surface area contributed by atoms with E-state index in [9.17, 15) is 4.79 Å². The van der Waals surface area contributed by atoms with Crippen LogP contribution in [0.1, 0.15) is 13.8 Å². The molecule has 0 bridgehead atoms. The highest BCUT2D eigenvalue weighted by atomic mass is 16.2. The van der Waals surface area contributed by atoms with Gasteiger partial charge in [-0.15, -0.1) is 0 Å². The molecule has 0 saturated carbocycles. The minimum Gasteiger partial charge on any atom is -0.336 e. The van der Waals surface area contributed by atoms with E-state index in [1.807, 2.05) is 26.0 Å². The van der Waals surface area contributed by atoms with E-state index in [1.165, 1.54) is 0 Å².